The molecule has 4 rings (SSSR count). The molecular formula is C20H19N5O3. The average Bonchev–Trinajstić information content (AvgIpc) is 3.21. The van der Waals surface area contributed by atoms with Crippen molar-refractivity contribution >= 4 is 11.5 Å². The van der Waals surface area contributed by atoms with Gasteiger partial charge in [0.25, 0.3) is 0 Å². The minimum atomic E-state index is -0.472. The minimum Gasteiger partial charge on any atom is -0.464 e. The van der Waals surface area contributed by atoms with Crippen LogP contribution in [-0.2, 0) is 11.8 Å². The van der Waals surface area contributed by atoms with Gasteiger partial charge < -0.3 is 9.14 Å². The first-order valence-corrected chi connectivity index (χ1v) is 8.70. The zero-order valence-corrected chi connectivity index (χ0v) is 16.0. The van der Waals surface area contributed by atoms with Crippen molar-refractivity contribution in [2.75, 3.05) is 7.11 Å². The molecule has 3 aromatic heterocycles. The largest absolute Gasteiger partial charge is 0.464 e. The summed E-state index contributed by atoms with van der Waals surface area (Å²) in [5.41, 5.74) is 4.12. The van der Waals surface area contributed by atoms with Crippen molar-refractivity contribution in [3.05, 3.63) is 70.4 Å². The Morgan fingerprint density at radius 3 is 2.39 bits per heavy atom. The molecule has 3 heterocycles. The van der Waals surface area contributed by atoms with Crippen molar-refractivity contribution in [3.8, 4) is 16.8 Å². The van der Waals surface area contributed by atoms with Gasteiger partial charge in [-0.1, -0.05) is 12.1 Å². The van der Waals surface area contributed by atoms with Crippen LogP contribution >= 0.6 is 0 Å². The van der Waals surface area contributed by atoms with Crippen LogP contribution in [0.25, 0.3) is 22.3 Å². The van der Waals surface area contributed by atoms with E-state index in [0.717, 1.165) is 22.5 Å². The molecule has 0 aliphatic heterocycles. The summed E-state index contributed by atoms with van der Waals surface area (Å²) in [6.07, 6.45) is 3.80. The molecule has 0 amide bonds. The Bertz CT molecular complexity index is 1260. The molecule has 28 heavy (non-hydrogen) atoms. The first-order chi connectivity index (χ1) is 13.4. The van der Waals surface area contributed by atoms with Crippen LogP contribution in [0.3, 0.4) is 0 Å². The highest BCUT2D eigenvalue weighted by Crippen LogP contribution is 2.25. The van der Waals surface area contributed by atoms with Crippen molar-refractivity contribution in [3.63, 3.8) is 0 Å². The van der Waals surface area contributed by atoms with Gasteiger partial charge >= 0.3 is 11.7 Å². The van der Waals surface area contributed by atoms with Gasteiger partial charge in [-0.3, -0.25) is 0 Å². The molecule has 0 aliphatic rings. The number of esters is 1. The van der Waals surface area contributed by atoms with Crippen LogP contribution < -0.4 is 5.69 Å². The molecule has 0 saturated carbocycles. The molecule has 0 spiro atoms. The summed E-state index contributed by atoms with van der Waals surface area (Å²) in [5.74, 6) is 0.152. The highest BCUT2D eigenvalue weighted by molar-refractivity contribution is 5.95. The summed E-state index contributed by atoms with van der Waals surface area (Å²) in [6, 6.07) is 9.51. The Labute approximate surface area is 160 Å². The lowest BCUT2D eigenvalue weighted by Crippen LogP contribution is -2.21. The lowest BCUT2D eigenvalue weighted by Gasteiger charge is -2.04. The molecule has 0 N–H and O–H groups in total. The van der Waals surface area contributed by atoms with Crippen LogP contribution in [0.15, 0.2) is 47.5 Å². The number of aromatic nitrogens is 5. The zero-order chi connectivity index (χ0) is 20.0. The van der Waals surface area contributed by atoms with Crippen molar-refractivity contribution in [2.45, 2.75) is 13.8 Å². The number of nitrogens with zero attached hydrogens (tertiary/aromatic N) is 5. The summed E-state index contributed by atoms with van der Waals surface area (Å²) in [4.78, 5) is 28.6. The molecule has 0 atom stereocenters. The smallest absolute Gasteiger partial charge is 0.358 e. The third kappa shape index (κ3) is 2.79. The first-order valence-electron chi connectivity index (χ1n) is 8.70. The van der Waals surface area contributed by atoms with Crippen molar-refractivity contribution in [2.24, 2.45) is 7.05 Å². The second-order valence-electron chi connectivity index (χ2n) is 6.58. The Morgan fingerprint density at radius 1 is 1.07 bits per heavy atom. The monoisotopic (exact) mass is 377 g/mol. The third-order valence-electron chi connectivity index (χ3n) is 4.63. The number of carbonyl (C=O) groups excluding carboxylic acids is 1. The number of aryl methyl sites for hydroxylation is 3. The molecule has 8 nitrogen and oxygen atoms in total. The van der Waals surface area contributed by atoms with Gasteiger partial charge in [-0.25, -0.2) is 23.8 Å². The Hall–Kier alpha value is -3.68. The van der Waals surface area contributed by atoms with E-state index in [2.05, 4.69) is 10.1 Å². The zero-order valence-electron chi connectivity index (χ0n) is 16.0. The Kier molecular flexibility index (Phi) is 4.11. The number of fused-ring (bicyclic) bond motifs is 1. The van der Waals surface area contributed by atoms with Gasteiger partial charge in [-0.15, -0.1) is 0 Å². The highest BCUT2D eigenvalue weighted by atomic mass is 16.5. The number of rotatable bonds is 3. The normalized spacial score (nSPS) is 11.1. The van der Waals surface area contributed by atoms with Crippen LogP contribution in [0, 0.1) is 13.8 Å². The molecule has 0 radical (unpaired) electrons. The fourth-order valence-corrected chi connectivity index (χ4v) is 3.33. The second kappa shape index (κ2) is 6.49. The standard InChI is InChI=1S/C20H19N5O3/c1-12-10-24-11-15(9-17(24)18(21-12)19(26)28-4)14-5-7-16(8-6-14)25-13(2)22-23(3)20(25)27/h5-11H,1-4H3. The van der Waals surface area contributed by atoms with E-state index in [0.29, 0.717) is 11.3 Å². The maximum Gasteiger partial charge on any atom is 0.358 e. The Balaban J connectivity index is 1.79. The van der Waals surface area contributed by atoms with E-state index >= 15 is 0 Å². The molecule has 0 aliphatic carbocycles. The maximum atomic E-state index is 12.2. The number of carbonyl (C=O) groups is 1. The first kappa shape index (κ1) is 17.7. The molecule has 1 aromatic carbocycles. The molecule has 0 saturated heterocycles. The fourth-order valence-electron chi connectivity index (χ4n) is 3.33. The molecule has 142 valence electrons. The minimum absolute atomic E-state index is 0.191. The van der Waals surface area contributed by atoms with Gasteiger partial charge in [0, 0.05) is 25.0 Å². The molecule has 0 bridgehead atoms. The van der Waals surface area contributed by atoms with Crippen LogP contribution in [0.5, 0.6) is 0 Å². The van der Waals surface area contributed by atoms with Gasteiger partial charge in [0.15, 0.2) is 5.69 Å². The predicted octanol–water partition coefficient (Wildman–Crippen LogP) is 2.29. The summed E-state index contributed by atoms with van der Waals surface area (Å²) in [7, 11) is 2.97. The van der Waals surface area contributed by atoms with E-state index in [1.54, 1.807) is 18.5 Å². The van der Waals surface area contributed by atoms with Gasteiger partial charge in [0.2, 0.25) is 0 Å². The molecular weight excluding hydrogens is 358 g/mol. The van der Waals surface area contributed by atoms with E-state index in [4.69, 9.17) is 4.74 Å². The number of hydrogen-bond donors (Lipinski definition) is 0. The SMILES string of the molecule is COC(=O)c1nc(C)cn2cc(-c3ccc(-n4c(C)nn(C)c4=O)cc3)cc12. The number of benzene rings is 1. The number of hydrogen-bond acceptors (Lipinski definition) is 5. The van der Waals surface area contributed by atoms with E-state index in [1.165, 1.54) is 11.8 Å². The van der Waals surface area contributed by atoms with E-state index < -0.39 is 5.97 Å². The lowest BCUT2D eigenvalue weighted by molar-refractivity contribution is 0.0595. The van der Waals surface area contributed by atoms with Crippen molar-refractivity contribution in [1.82, 2.24) is 23.7 Å². The highest BCUT2D eigenvalue weighted by Gasteiger charge is 2.16. The van der Waals surface area contributed by atoms with Crippen LogP contribution in [-0.4, -0.2) is 36.8 Å². The summed E-state index contributed by atoms with van der Waals surface area (Å²) in [6.45, 7) is 3.62. The molecule has 0 unspecified atom stereocenters. The quantitative estimate of drug-likeness (QED) is 0.512. The van der Waals surface area contributed by atoms with Gasteiger partial charge in [0.1, 0.15) is 5.82 Å². The second-order valence-corrected chi connectivity index (χ2v) is 6.58. The molecule has 4 aromatic rings. The predicted molar refractivity (Wildman–Crippen MR) is 104 cm³/mol. The number of methoxy groups -OCH3 is 1. The van der Waals surface area contributed by atoms with Gasteiger partial charge in [0.05, 0.1) is 24.0 Å². The molecule has 0 fully saturated rings. The van der Waals surface area contributed by atoms with E-state index in [-0.39, 0.29) is 11.4 Å². The summed E-state index contributed by atoms with van der Waals surface area (Å²) in [5, 5.41) is 4.15. The van der Waals surface area contributed by atoms with Crippen LogP contribution in [0.4, 0.5) is 0 Å². The summed E-state index contributed by atoms with van der Waals surface area (Å²) < 4.78 is 9.59. The van der Waals surface area contributed by atoms with Gasteiger partial charge in [-0.05, 0) is 37.6 Å². The fraction of sp³-hybridized carbons (Fsp3) is 0.200. The maximum absolute atomic E-state index is 12.2. The van der Waals surface area contributed by atoms with Crippen LogP contribution in [0.2, 0.25) is 0 Å². The lowest BCUT2D eigenvalue weighted by atomic mass is 10.1. The van der Waals surface area contributed by atoms with Crippen LogP contribution in [0.1, 0.15) is 22.0 Å². The van der Waals surface area contributed by atoms with E-state index in [9.17, 15) is 9.59 Å². The van der Waals surface area contributed by atoms with Gasteiger partial charge in [-0.2, -0.15) is 5.10 Å². The summed E-state index contributed by atoms with van der Waals surface area (Å²) >= 11 is 0. The average molecular weight is 377 g/mol. The van der Waals surface area contributed by atoms with Crippen molar-refractivity contribution in [1.29, 1.82) is 0 Å². The van der Waals surface area contributed by atoms with Crippen molar-refractivity contribution < 1.29 is 9.53 Å². The number of ether oxygens (including phenoxy) is 1. The Morgan fingerprint density at radius 2 is 1.79 bits per heavy atom. The topological polar surface area (TPSA) is 83.4 Å². The van der Waals surface area contributed by atoms with E-state index in [1.807, 2.05) is 54.0 Å². The third-order valence-corrected chi connectivity index (χ3v) is 4.63. The molecule has 8 heteroatoms.